The first kappa shape index (κ1) is 15.6. The molecule has 0 unspecified atom stereocenters. The van der Waals surface area contributed by atoms with Crippen molar-refractivity contribution in [2.24, 2.45) is 5.92 Å². The lowest BCUT2D eigenvalue weighted by atomic mass is 9.84. The zero-order valence-corrected chi connectivity index (χ0v) is 14.4. The van der Waals surface area contributed by atoms with Crippen LogP contribution in [-0.2, 0) is 6.54 Å². The number of piperidine rings is 3. The first-order chi connectivity index (χ1) is 11.6. The molecule has 2 amide bonds. The van der Waals surface area contributed by atoms with E-state index >= 15 is 0 Å². The second-order valence-corrected chi connectivity index (χ2v) is 7.61. The van der Waals surface area contributed by atoms with Crippen LogP contribution in [0, 0.1) is 5.92 Å². The second kappa shape index (κ2) is 6.18. The van der Waals surface area contributed by atoms with Gasteiger partial charge in [0, 0.05) is 19.6 Å². The number of carbonyl (C=O) groups is 1. The minimum atomic E-state index is -0.142. The summed E-state index contributed by atoms with van der Waals surface area (Å²) in [5.41, 5.74) is 0.543. The number of urea groups is 1. The van der Waals surface area contributed by atoms with Gasteiger partial charge in [-0.2, -0.15) is 0 Å². The molecule has 3 aliphatic rings. The molecular formula is C16H21N5O2S. The predicted molar refractivity (Wildman–Crippen MR) is 93.2 cm³/mol. The Hall–Kier alpha value is -1.93. The fourth-order valence-corrected chi connectivity index (χ4v) is 4.42. The molecular weight excluding hydrogens is 326 g/mol. The summed E-state index contributed by atoms with van der Waals surface area (Å²) in [5, 5.41) is 4.99. The number of nitrogens with one attached hydrogen (secondary N) is 2. The van der Waals surface area contributed by atoms with E-state index in [4.69, 9.17) is 0 Å². The number of rotatable bonds is 3. The maximum atomic E-state index is 12.5. The summed E-state index contributed by atoms with van der Waals surface area (Å²) >= 11 is 1.37. The first-order valence-electron chi connectivity index (χ1n) is 8.30. The van der Waals surface area contributed by atoms with Crippen LogP contribution in [0.3, 0.4) is 0 Å². The Labute approximate surface area is 143 Å². The van der Waals surface area contributed by atoms with Gasteiger partial charge in [0.25, 0.3) is 5.56 Å². The molecule has 0 spiro atoms. The Morgan fingerprint density at radius 2 is 2.29 bits per heavy atom. The summed E-state index contributed by atoms with van der Waals surface area (Å²) in [7, 11) is 1.73. The Kier molecular flexibility index (Phi) is 4.01. The van der Waals surface area contributed by atoms with Gasteiger partial charge in [0.05, 0.1) is 12.1 Å². The van der Waals surface area contributed by atoms with Crippen molar-refractivity contribution in [1.29, 1.82) is 0 Å². The molecule has 2 bridgehead atoms. The number of amides is 2. The Morgan fingerprint density at radius 1 is 1.50 bits per heavy atom. The van der Waals surface area contributed by atoms with Gasteiger partial charge >= 0.3 is 6.03 Å². The highest BCUT2D eigenvalue weighted by Gasteiger charge is 2.35. The minimum Gasteiger partial charge on any atom is -0.334 e. The average molecular weight is 347 g/mol. The van der Waals surface area contributed by atoms with Crippen LogP contribution in [0.1, 0.15) is 18.7 Å². The van der Waals surface area contributed by atoms with Crippen molar-refractivity contribution >= 4 is 27.6 Å². The number of H-pyrrole nitrogens is 1. The van der Waals surface area contributed by atoms with Crippen LogP contribution >= 0.6 is 11.3 Å². The molecule has 0 radical (unpaired) electrons. The van der Waals surface area contributed by atoms with Crippen molar-refractivity contribution in [1.82, 2.24) is 25.1 Å². The number of hydrogen-bond acceptors (Lipinski definition) is 5. The third-order valence-corrected chi connectivity index (χ3v) is 5.96. The Balaban J connectivity index is 1.42. The number of thiophene rings is 1. The zero-order valence-electron chi connectivity index (χ0n) is 13.6. The summed E-state index contributed by atoms with van der Waals surface area (Å²) < 4.78 is 0.623. The van der Waals surface area contributed by atoms with E-state index in [9.17, 15) is 9.59 Å². The van der Waals surface area contributed by atoms with Gasteiger partial charge in [-0.1, -0.05) is 0 Å². The summed E-state index contributed by atoms with van der Waals surface area (Å²) in [6, 6.07) is 1.95. The maximum absolute atomic E-state index is 12.5. The van der Waals surface area contributed by atoms with Crippen LogP contribution in [0.5, 0.6) is 0 Å². The van der Waals surface area contributed by atoms with Crippen LogP contribution in [0.2, 0.25) is 0 Å². The van der Waals surface area contributed by atoms with Crippen LogP contribution in [0.15, 0.2) is 16.2 Å². The summed E-state index contributed by atoms with van der Waals surface area (Å²) in [4.78, 5) is 35.7. The monoisotopic (exact) mass is 347 g/mol. The molecule has 2 aromatic heterocycles. The molecule has 3 fully saturated rings. The molecule has 2 aromatic rings. The summed E-state index contributed by atoms with van der Waals surface area (Å²) in [6.07, 6.45) is 2.33. The normalized spacial score (nSPS) is 25.8. The number of carbonyl (C=O) groups excluding carboxylic acids is 1. The van der Waals surface area contributed by atoms with Crippen LogP contribution in [0.25, 0.3) is 10.2 Å². The van der Waals surface area contributed by atoms with E-state index in [1.807, 2.05) is 11.4 Å². The van der Waals surface area contributed by atoms with Crippen molar-refractivity contribution in [3.05, 3.63) is 27.6 Å². The molecule has 5 rings (SSSR count). The smallest absolute Gasteiger partial charge is 0.317 e. The Bertz CT molecular complexity index is 808. The number of aromatic nitrogens is 2. The molecule has 0 saturated carbocycles. The van der Waals surface area contributed by atoms with Gasteiger partial charge in [-0.25, -0.2) is 9.78 Å². The predicted octanol–water partition coefficient (Wildman–Crippen LogP) is 1.22. The van der Waals surface area contributed by atoms with Gasteiger partial charge < -0.3 is 20.1 Å². The van der Waals surface area contributed by atoms with Crippen molar-refractivity contribution in [3.63, 3.8) is 0 Å². The highest BCUT2D eigenvalue weighted by atomic mass is 32.1. The lowest BCUT2D eigenvalue weighted by Crippen LogP contribution is -2.58. The molecule has 5 heterocycles. The maximum Gasteiger partial charge on any atom is 0.317 e. The third kappa shape index (κ3) is 2.91. The molecule has 0 aliphatic carbocycles. The van der Waals surface area contributed by atoms with Gasteiger partial charge in [0.2, 0.25) is 0 Å². The van der Waals surface area contributed by atoms with E-state index in [1.165, 1.54) is 24.2 Å². The van der Waals surface area contributed by atoms with Gasteiger partial charge in [0.15, 0.2) is 0 Å². The lowest BCUT2D eigenvalue weighted by molar-refractivity contribution is 0.0735. The van der Waals surface area contributed by atoms with Crippen molar-refractivity contribution in [2.75, 3.05) is 26.7 Å². The van der Waals surface area contributed by atoms with Gasteiger partial charge in [-0.15, -0.1) is 11.3 Å². The largest absolute Gasteiger partial charge is 0.334 e. The van der Waals surface area contributed by atoms with Gasteiger partial charge in [-0.05, 0) is 43.3 Å². The fraction of sp³-hybridized carbons (Fsp3) is 0.562. The highest BCUT2D eigenvalue weighted by molar-refractivity contribution is 7.17. The van der Waals surface area contributed by atoms with E-state index in [0.717, 1.165) is 19.6 Å². The second-order valence-electron chi connectivity index (χ2n) is 6.70. The quantitative estimate of drug-likeness (QED) is 0.875. The van der Waals surface area contributed by atoms with E-state index in [1.54, 1.807) is 11.9 Å². The van der Waals surface area contributed by atoms with Gasteiger partial charge in [-0.3, -0.25) is 4.79 Å². The molecule has 3 aliphatic heterocycles. The number of nitrogens with zero attached hydrogens (tertiary/aromatic N) is 3. The number of aromatic amines is 1. The molecule has 2 N–H and O–H groups in total. The van der Waals surface area contributed by atoms with E-state index in [-0.39, 0.29) is 24.2 Å². The molecule has 3 saturated heterocycles. The molecule has 24 heavy (non-hydrogen) atoms. The molecule has 1 atom stereocenters. The van der Waals surface area contributed by atoms with Crippen molar-refractivity contribution in [2.45, 2.75) is 25.4 Å². The number of hydrogen-bond donors (Lipinski definition) is 2. The van der Waals surface area contributed by atoms with Crippen LogP contribution < -0.4 is 10.9 Å². The molecule has 0 aromatic carbocycles. The zero-order chi connectivity index (χ0) is 16.7. The summed E-state index contributed by atoms with van der Waals surface area (Å²) in [6.45, 7) is 3.53. The SMILES string of the molecule is CN(Cc1nc2ccsc2c(=O)[nH]1)C(=O)N[C@H]1CN2CCC1CC2. The van der Waals surface area contributed by atoms with Crippen LogP contribution in [-0.4, -0.2) is 58.5 Å². The molecule has 128 valence electrons. The summed E-state index contributed by atoms with van der Waals surface area (Å²) in [5.74, 6) is 1.10. The third-order valence-electron chi connectivity index (χ3n) is 5.06. The van der Waals surface area contributed by atoms with E-state index in [2.05, 4.69) is 20.2 Å². The highest BCUT2D eigenvalue weighted by Crippen LogP contribution is 2.27. The average Bonchev–Trinajstić information content (AvgIpc) is 3.05. The van der Waals surface area contributed by atoms with E-state index in [0.29, 0.717) is 22.0 Å². The standard InChI is InChI=1S/C16H21N5O2S/c1-20(9-13-17-11-4-7-24-14(11)15(22)19-13)16(23)18-12-8-21-5-2-10(12)3-6-21/h4,7,10,12H,2-3,5-6,8-9H2,1H3,(H,18,23)(H,17,19,22)/t12-/m0/s1. The van der Waals surface area contributed by atoms with E-state index < -0.39 is 0 Å². The Morgan fingerprint density at radius 3 is 3.00 bits per heavy atom. The lowest BCUT2D eigenvalue weighted by Gasteiger charge is -2.45. The van der Waals surface area contributed by atoms with Gasteiger partial charge in [0.1, 0.15) is 10.5 Å². The van der Waals surface area contributed by atoms with Crippen molar-refractivity contribution in [3.8, 4) is 0 Å². The number of fused-ring (bicyclic) bond motifs is 4. The first-order valence-corrected chi connectivity index (χ1v) is 9.18. The molecule has 8 heteroatoms. The van der Waals surface area contributed by atoms with Crippen LogP contribution in [0.4, 0.5) is 4.79 Å². The topological polar surface area (TPSA) is 81.3 Å². The molecule has 7 nitrogen and oxygen atoms in total. The van der Waals surface area contributed by atoms with Crippen molar-refractivity contribution < 1.29 is 4.79 Å². The fourth-order valence-electron chi connectivity index (χ4n) is 3.69. The minimum absolute atomic E-state index is 0.109.